The van der Waals surface area contributed by atoms with E-state index in [0.29, 0.717) is 12.5 Å². The topological polar surface area (TPSA) is 56.7 Å². The van der Waals surface area contributed by atoms with Gasteiger partial charge in [0.2, 0.25) is 0 Å². The maximum absolute atomic E-state index is 5.82. The molecule has 1 aromatic heterocycles. The standard InChI is InChI=1S/C10H20N4/c1-8(2)10(3,6-11)5-9-12-7-13-14(9)4/h7-8H,5-6,11H2,1-4H3. The molecule has 80 valence electrons. The van der Waals surface area contributed by atoms with Gasteiger partial charge < -0.3 is 5.73 Å². The molecule has 0 aliphatic rings. The smallest absolute Gasteiger partial charge is 0.138 e. The summed E-state index contributed by atoms with van der Waals surface area (Å²) < 4.78 is 1.82. The fourth-order valence-corrected chi connectivity index (χ4v) is 1.35. The third-order valence-corrected chi connectivity index (χ3v) is 3.23. The van der Waals surface area contributed by atoms with E-state index in [1.165, 1.54) is 0 Å². The molecule has 4 heteroatoms. The molecule has 0 aliphatic carbocycles. The van der Waals surface area contributed by atoms with Crippen molar-refractivity contribution in [3.63, 3.8) is 0 Å². The summed E-state index contributed by atoms with van der Waals surface area (Å²) in [7, 11) is 1.92. The number of hydrogen-bond acceptors (Lipinski definition) is 3. The summed E-state index contributed by atoms with van der Waals surface area (Å²) in [5.41, 5.74) is 5.93. The third-order valence-electron chi connectivity index (χ3n) is 3.23. The molecular formula is C10H20N4. The maximum atomic E-state index is 5.82. The average Bonchev–Trinajstić information content (AvgIpc) is 2.51. The van der Waals surface area contributed by atoms with Crippen molar-refractivity contribution in [2.45, 2.75) is 27.2 Å². The molecule has 0 amide bonds. The molecule has 14 heavy (non-hydrogen) atoms. The largest absolute Gasteiger partial charge is 0.330 e. The van der Waals surface area contributed by atoms with Crippen molar-refractivity contribution in [3.8, 4) is 0 Å². The van der Waals surface area contributed by atoms with Gasteiger partial charge in [-0.15, -0.1) is 0 Å². The second kappa shape index (κ2) is 4.09. The Morgan fingerprint density at radius 1 is 1.57 bits per heavy atom. The lowest BCUT2D eigenvalue weighted by atomic mass is 9.76. The van der Waals surface area contributed by atoms with Crippen LogP contribution in [0.4, 0.5) is 0 Å². The molecule has 1 unspecified atom stereocenters. The van der Waals surface area contributed by atoms with Gasteiger partial charge in [0.15, 0.2) is 0 Å². The van der Waals surface area contributed by atoms with Gasteiger partial charge in [-0.2, -0.15) is 5.10 Å². The van der Waals surface area contributed by atoms with E-state index in [1.54, 1.807) is 6.33 Å². The summed E-state index contributed by atoms with van der Waals surface area (Å²) in [4.78, 5) is 4.23. The molecule has 1 atom stereocenters. The van der Waals surface area contributed by atoms with Crippen LogP contribution in [0.5, 0.6) is 0 Å². The van der Waals surface area contributed by atoms with E-state index >= 15 is 0 Å². The summed E-state index contributed by atoms with van der Waals surface area (Å²) >= 11 is 0. The lowest BCUT2D eigenvalue weighted by Crippen LogP contribution is -2.35. The van der Waals surface area contributed by atoms with Crippen LogP contribution in [-0.4, -0.2) is 21.3 Å². The molecule has 1 rings (SSSR count). The molecule has 0 fully saturated rings. The normalized spacial score (nSPS) is 15.9. The zero-order valence-corrected chi connectivity index (χ0v) is 9.49. The summed E-state index contributed by atoms with van der Waals surface area (Å²) in [6.07, 6.45) is 2.48. The van der Waals surface area contributed by atoms with Crippen LogP contribution in [0.25, 0.3) is 0 Å². The predicted molar refractivity (Wildman–Crippen MR) is 56.7 cm³/mol. The Balaban J connectivity index is 2.80. The summed E-state index contributed by atoms with van der Waals surface area (Å²) in [6.45, 7) is 7.27. The Bertz CT molecular complexity index is 292. The zero-order chi connectivity index (χ0) is 10.8. The van der Waals surface area contributed by atoms with Crippen molar-refractivity contribution in [2.24, 2.45) is 24.1 Å². The van der Waals surface area contributed by atoms with Gasteiger partial charge in [0.05, 0.1) is 0 Å². The second-order valence-corrected chi connectivity index (χ2v) is 4.49. The first-order valence-electron chi connectivity index (χ1n) is 5.02. The summed E-state index contributed by atoms with van der Waals surface area (Å²) in [5, 5.41) is 4.06. The molecule has 0 saturated carbocycles. The van der Waals surface area contributed by atoms with Gasteiger partial charge in [-0.05, 0) is 17.9 Å². The van der Waals surface area contributed by atoms with Gasteiger partial charge in [-0.3, -0.25) is 4.68 Å². The predicted octanol–water partition coefficient (Wildman–Crippen LogP) is 0.979. The highest BCUT2D eigenvalue weighted by Crippen LogP contribution is 2.29. The monoisotopic (exact) mass is 196 g/mol. The number of aryl methyl sites for hydroxylation is 1. The van der Waals surface area contributed by atoms with E-state index in [1.807, 2.05) is 11.7 Å². The van der Waals surface area contributed by atoms with Crippen molar-refractivity contribution in [1.29, 1.82) is 0 Å². The molecule has 0 aliphatic heterocycles. The Morgan fingerprint density at radius 3 is 2.57 bits per heavy atom. The summed E-state index contributed by atoms with van der Waals surface area (Å²) in [5.74, 6) is 1.55. The van der Waals surface area contributed by atoms with Crippen LogP contribution in [0, 0.1) is 11.3 Å². The highest BCUT2D eigenvalue weighted by Gasteiger charge is 2.28. The molecule has 0 aromatic carbocycles. The Morgan fingerprint density at radius 2 is 2.21 bits per heavy atom. The number of rotatable bonds is 4. The second-order valence-electron chi connectivity index (χ2n) is 4.49. The number of nitrogens with two attached hydrogens (primary N) is 1. The molecule has 1 aromatic rings. The molecule has 0 saturated heterocycles. The minimum absolute atomic E-state index is 0.112. The minimum Gasteiger partial charge on any atom is -0.330 e. The summed E-state index contributed by atoms with van der Waals surface area (Å²) in [6, 6.07) is 0. The van der Waals surface area contributed by atoms with Crippen molar-refractivity contribution in [1.82, 2.24) is 14.8 Å². The lowest BCUT2D eigenvalue weighted by molar-refractivity contribution is 0.220. The van der Waals surface area contributed by atoms with Crippen LogP contribution in [0.1, 0.15) is 26.6 Å². The fraction of sp³-hybridized carbons (Fsp3) is 0.800. The van der Waals surface area contributed by atoms with E-state index in [4.69, 9.17) is 5.73 Å². The molecule has 0 bridgehead atoms. The first kappa shape index (κ1) is 11.2. The third kappa shape index (κ3) is 2.12. The van der Waals surface area contributed by atoms with E-state index in [9.17, 15) is 0 Å². The van der Waals surface area contributed by atoms with E-state index < -0.39 is 0 Å². The van der Waals surface area contributed by atoms with Gasteiger partial charge in [-0.25, -0.2) is 4.98 Å². The van der Waals surface area contributed by atoms with E-state index in [0.717, 1.165) is 12.2 Å². The minimum atomic E-state index is 0.112. The van der Waals surface area contributed by atoms with E-state index in [2.05, 4.69) is 30.9 Å². The van der Waals surface area contributed by atoms with Crippen molar-refractivity contribution in [2.75, 3.05) is 6.54 Å². The SMILES string of the molecule is CC(C)C(C)(CN)Cc1ncnn1C. The van der Waals surface area contributed by atoms with E-state index in [-0.39, 0.29) is 5.41 Å². The first-order valence-corrected chi connectivity index (χ1v) is 5.02. The molecule has 4 nitrogen and oxygen atoms in total. The number of nitrogens with zero attached hydrogens (tertiary/aromatic N) is 3. The molecule has 0 spiro atoms. The Hall–Kier alpha value is -0.900. The van der Waals surface area contributed by atoms with Crippen LogP contribution in [0.2, 0.25) is 0 Å². The van der Waals surface area contributed by atoms with Crippen LogP contribution >= 0.6 is 0 Å². The number of aromatic nitrogens is 3. The van der Waals surface area contributed by atoms with Crippen LogP contribution in [0.15, 0.2) is 6.33 Å². The van der Waals surface area contributed by atoms with Gasteiger partial charge in [0.1, 0.15) is 12.2 Å². The van der Waals surface area contributed by atoms with Gasteiger partial charge in [0, 0.05) is 13.5 Å². The van der Waals surface area contributed by atoms with Gasteiger partial charge >= 0.3 is 0 Å². The highest BCUT2D eigenvalue weighted by atomic mass is 15.3. The fourth-order valence-electron chi connectivity index (χ4n) is 1.35. The van der Waals surface area contributed by atoms with Crippen LogP contribution < -0.4 is 5.73 Å². The molecule has 1 heterocycles. The van der Waals surface area contributed by atoms with Crippen molar-refractivity contribution >= 4 is 0 Å². The van der Waals surface area contributed by atoms with Crippen LogP contribution in [-0.2, 0) is 13.5 Å². The highest BCUT2D eigenvalue weighted by molar-refractivity contribution is 4.93. The average molecular weight is 196 g/mol. The van der Waals surface area contributed by atoms with Crippen LogP contribution in [0.3, 0.4) is 0 Å². The Labute approximate surface area is 85.5 Å². The quantitative estimate of drug-likeness (QED) is 0.781. The number of hydrogen-bond donors (Lipinski definition) is 1. The van der Waals surface area contributed by atoms with Gasteiger partial charge in [-0.1, -0.05) is 20.8 Å². The molecular weight excluding hydrogens is 176 g/mol. The lowest BCUT2D eigenvalue weighted by Gasteiger charge is -2.31. The van der Waals surface area contributed by atoms with Crippen molar-refractivity contribution < 1.29 is 0 Å². The van der Waals surface area contributed by atoms with Gasteiger partial charge in [0.25, 0.3) is 0 Å². The Kier molecular flexibility index (Phi) is 3.26. The molecule has 2 N–H and O–H groups in total. The zero-order valence-electron chi connectivity index (χ0n) is 9.49. The maximum Gasteiger partial charge on any atom is 0.138 e. The molecule has 0 radical (unpaired) electrons. The van der Waals surface area contributed by atoms with Crippen molar-refractivity contribution in [3.05, 3.63) is 12.2 Å². The first-order chi connectivity index (χ1) is 6.49.